The summed E-state index contributed by atoms with van der Waals surface area (Å²) in [6, 6.07) is 12.5. The van der Waals surface area contributed by atoms with Gasteiger partial charge >= 0.3 is 0 Å². The van der Waals surface area contributed by atoms with E-state index >= 15 is 0 Å². The van der Waals surface area contributed by atoms with Gasteiger partial charge in [-0.3, -0.25) is 19.7 Å². The number of sulfonamides is 1. The number of Topliss-reactive ketones (excluding diaryl/α,β-unsaturated/α-hetero) is 1. The number of fused-ring (bicyclic) bond motifs is 3. The van der Waals surface area contributed by atoms with Gasteiger partial charge in [-0.2, -0.15) is 4.98 Å². The second-order valence-electron chi connectivity index (χ2n) is 17.0. The van der Waals surface area contributed by atoms with Crippen LogP contribution < -0.4 is 24.6 Å². The fourth-order valence-electron chi connectivity index (χ4n) is 9.41. The lowest BCUT2D eigenvalue weighted by atomic mass is 9.62. The number of hydrogen-bond acceptors (Lipinski definition) is 13. The zero-order valence-electron chi connectivity index (χ0n) is 32.2. The molecule has 16 nitrogen and oxygen atoms in total. The van der Waals surface area contributed by atoms with Gasteiger partial charge in [-0.1, -0.05) is 0 Å². The first-order chi connectivity index (χ1) is 27.8. The lowest BCUT2D eigenvalue weighted by molar-refractivity contribution is -0.384. The van der Waals surface area contributed by atoms with E-state index in [-0.39, 0.29) is 28.6 Å². The molecule has 9 rings (SSSR count). The van der Waals surface area contributed by atoms with Crippen LogP contribution in [-0.4, -0.2) is 90.7 Å². The topological polar surface area (TPSA) is 209 Å². The third-order valence-electron chi connectivity index (χ3n) is 12.9. The van der Waals surface area contributed by atoms with Gasteiger partial charge in [-0.25, -0.2) is 13.1 Å². The summed E-state index contributed by atoms with van der Waals surface area (Å²) in [4.78, 5) is 49.6. The molecule has 58 heavy (non-hydrogen) atoms. The first-order valence-corrected chi connectivity index (χ1v) is 21.5. The monoisotopic (exact) mass is 813 g/mol. The van der Waals surface area contributed by atoms with Crippen LogP contribution in [0.25, 0.3) is 11.0 Å². The second kappa shape index (κ2) is 14.5. The number of piperidine rings is 1. The summed E-state index contributed by atoms with van der Waals surface area (Å²) in [5, 5.41) is 26.5. The third kappa shape index (κ3) is 7.23. The van der Waals surface area contributed by atoms with Crippen LogP contribution in [-0.2, 0) is 19.6 Å². The van der Waals surface area contributed by atoms with Crippen molar-refractivity contribution in [1.82, 2.24) is 14.7 Å². The molecule has 4 N–H and O–H groups in total. The second-order valence-corrected chi connectivity index (χ2v) is 18.6. The number of aliphatic hydroxyl groups is 1. The molecule has 4 aromatic rings. The van der Waals surface area contributed by atoms with Crippen LogP contribution >= 0.6 is 0 Å². The SMILES string of the molecule is CC1(O)CCC(CNc2ccc(S(=O)(=O)NC(=O)c3ccc(N4CCC5(CC4)CC(=O)C5)cc3N3c4cc5cc[nH]c5nc4O[C@H]4COCC[C@@H]43)cc2[N+](=O)[O-])CC1. The average molecular weight is 814 g/mol. The van der Waals surface area contributed by atoms with Crippen LogP contribution in [0.3, 0.4) is 0 Å². The lowest BCUT2D eigenvalue weighted by Gasteiger charge is -2.48. The van der Waals surface area contributed by atoms with Crippen molar-refractivity contribution in [2.24, 2.45) is 11.3 Å². The van der Waals surface area contributed by atoms with Gasteiger partial charge in [0, 0.05) is 62.4 Å². The number of hydrogen-bond donors (Lipinski definition) is 4. The predicted octanol–water partition coefficient (Wildman–Crippen LogP) is 5.58. The number of nitrogens with zero attached hydrogens (tertiary/aromatic N) is 4. The minimum Gasteiger partial charge on any atom is -0.468 e. The highest BCUT2D eigenvalue weighted by Gasteiger charge is 2.46. The van der Waals surface area contributed by atoms with Crippen LogP contribution in [0.2, 0.25) is 0 Å². The molecule has 5 heterocycles. The first-order valence-electron chi connectivity index (χ1n) is 20.0. The number of benzene rings is 2. The number of amides is 1. The fourth-order valence-corrected chi connectivity index (χ4v) is 10.4. The number of ether oxygens (including phenoxy) is 2. The molecule has 0 radical (unpaired) electrons. The molecule has 1 amide bonds. The van der Waals surface area contributed by atoms with Crippen molar-refractivity contribution in [3.8, 4) is 5.88 Å². The number of carbonyl (C=O) groups excluding carboxylic acids is 2. The standard InChI is InChI=1S/C41H47N7O9S/c1-40(51)10-6-25(7-11-40)23-43-31-5-3-29(20-34(31)48(52)53)58(54,55)45-38(50)30-4-2-27(46-15-12-41(13-16-46)21-28(49)22-41)19-33(30)47-32-9-17-56-24-36(32)57-39-35(47)18-26-8-14-42-37(26)44-39/h2-5,8,14,18-20,25,32,36,43,51H,6-7,9-13,15-17,21-24H2,1H3,(H,42,44)(H,45,50)/t25?,32-,36-,40?/m0/s1. The van der Waals surface area contributed by atoms with Crippen LogP contribution in [0.4, 0.5) is 28.4 Å². The maximum atomic E-state index is 14.4. The highest BCUT2D eigenvalue weighted by molar-refractivity contribution is 7.90. The van der Waals surface area contributed by atoms with Crippen LogP contribution in [0.1, 0.15) is 75.1 Å². The van der Waals surface area contributed by atoms with Crippen molar-refractivity contribution >= 4 is 61.2 Å². The number of nitro groups is 1. The molecule has 17 heteroatoms. The molecule has 0 bridgehead atoms. The summed E-state index contributed by atoms with van der Waals surface area (Å²) >= 11 is 0. The molecule has 3 aliphatic heterocycles. The molecule has 2 aromatic heterocycles. The largest absolute Gasteiger partial charge is 0.468 e. The Bertz CT molecular complexity index is 2390. The number of ketones is 1. The molecular formula is C41H47N7O9S. The quantitative estimate of drug-likeness (QED) is 0.120. The van der Waals surface area contributed by atoms with E-state index in [4.69, 9.17) is 14.5 Å². The summed E-state index contributed by atoms with van der Waals surface area (Å²) in [5.41, 5.74) is 1.70. The number of anilines is 4. The molecule has 2 aromatic carbocycles. The Morgan fingerprint density at radius 3 is 2.57 bits per heavy atom. The zero-order chi connectivity index (χ0) is 40.4. The number of nitrogens with one attached hydrogen (secondary N) is 3. The molecule has 0 unspecified atom stereocenters. The van der Waals surface area contributed by atoms with E-state index in [1.54, 1.807) is 19.2 Å². The third-order valence-corrected chi connectivity index (χ3v) is 14.2. The maximum Gasteiger partial charge on any atom is 0.293 e. The Morgan fingerprint density at radius 2 is 1.83 bits per heavy atom. The normalized spacial score (nSPS) is 25.3. The molecule has 2 saturated carbocycles. The molecule has 5 aliphatic rings. The summed E-state index contributed by atoms with van der Waals surface area (Å²) in [6.45, 7) is 4.43. The minimum atomic E-state index is -4.60. The number of carbonyl (C=O) groups is 2. The molecule has 2 saturated heterocycles. The van der Waals surface area contributed by atoms with Crippen LogP contribution in [0.15, 0.2) is 59.6 Å². The number of pyridine rings is 1. The van der Waals surface area contributed by atoms with E-state index in [0.29, 0.717) is 80.5 Å². The maximum absolute atomic E-state index is 14.4. The Balaban J connectivity index is 1.04. The number of H-pyrrole nitrogens is 1. The molecular weight excluding hydrogens is 767 g/mol. The Labute approximate surface area is 335 Å². The van der Waals surface area contributed by atoms with E-state index in [1.165, 1.54) is 12.1 Å². The van der Waals surface area contributed by atoms with Crippen LogP contribution in [0.5, 0.6) is 5.88 Å². The number of nitro benzene ring substituents is 1. The van der Waals surface area contributed by atoms with Gasteiger partial charge in [0.1, 0.15) is 28.9 Å². The zero-order valence-corrected chi connectivity index (χ0v) is 33.1. The number of aromatic amines is 1. The molecule has 306 valence electrons. The number of aromatic nitrogens is 2. The van der Waals surface area contributed by atoms with Gasteiger partial charge in [0.15, 0.2) is 0 Å². The minimum absolute atomic E-state index is 0.0541. The Kier molecular flexibility index (Phi) is 9.59. The van der Waals surface area contributed by atoms with E-state index in [0.717, 1.165) is 55.9 Å². The van der Waals surface area contributed by atoms with Crippen molar-refractivity contribution in [2.75, 3.05) is 48.0 Å². The summed E-state index contributed by atoms with van der Waals surface area (Å²) < 4.78 is 42.3. The van der Waals surface area contributed by atoms with Crippen molar-refractivity contribution in [1.29, 1.82) is 0 Å². The van der Waals surface area contributed by atoms with Gasteiger partial charge in [0.05, 0.1) is 39.3 Å². The molecule has 2 aliphatic carbocycles. The van der Waals surface area contributed by atoms with Crippen molar-refractivity contribution < 1.29 is 37.5 Å². The average Bonchev–Trinajstić information content (AvgIpc) is 3.65. The summed E-state index contributed by atoms with van der Waals surface area (Å²) in [5.74, 6) is -0.0610. The summed E-state index contributed by atoms with van der Waals surface area (Å²) in [6.07, 6.45) is 7.66. The molecule has 1 spiro atoms. The van der Waals surface area contributed by atoms with Gasteiger partial charge in [0.25, 0.3) is 21.6 Å². The fraction of sp³-hybridized carbons (Fsp3) is 0.488. The lowest BCUT2D eigenvalue weighted by Crippen LogP contribution is -2.53. The number of rotatable bonds is 9. The van der Waals surface area contributed by atoms with Crippen LogP contribution in [0, 0.1) is 21.4 Å². The van der Waals surface area contributed by atoms with Gasteiger partial charge in [-0.05, 0) is 106 Å². The van der Waals surface area contributed by atoms with Gasteiger partial charge in [-0.15, -0.1) is 0 Å². The van der Waals surface area contributed by atoms with E-state index < -0.39 is 43.1 Å². The van der Waals surface area contributed by atoms with E-state index in [9.17, 15) is 33.2 Å². The Morgan fingerprint density at radius 1 is 1.05 bits per heavy atom. The van der Waals surface area contributed by atoms with Gasteiger partial charge < -0.3 is 34.7 Å². The van der Waals surface area contributed by atoms with E-state index in [1.807, 2.05) is 29.2 Å². The highest BCUT2D eigenvalue weighted by atomic mass is 32.2. The highest BCUT2D eigenvalue weighted by Crippen LogP contribution is 2.49. The van der Waals surface area contributed by atoms with E-state index in [2.05, 4.69) is 19.9 Å². The Hall–Kier alpha value is -5.26. The van der Waals surface area contributed by atoms with Crippen molar-refractivity contribution in [3.63, 3.8) is 0 Å². The van der Waals surface area contributed by atoms with Crippen molar-refractivity contribution in [3.05, 3.63) is 70.4 Å². The first kappa shape index (κ1) is 38.3. The van der Waals surface area contributed by atoms with Crippen molar-refractivity contribution in [2.45, 2.75) is 87.4 Å². The molecule has 4 fully saturated rings. The smallest absolute Gasteiger partial charge is 0.293 e. The summed E-state index contributed by atoms with van der Waals surface area (Å²) in [7, 11) is -4.60. The molecule has 2 atom stereocenters. The predicted molar refractivity (Wildman–Crippen MR) is 215 cm³/mol. The van der Waals surface area contributed by atoms with Gasteiger partial charge in [0.2, 0.25) is 5.88 Å².